The number of nitrogens with one attached hydrogen (secondary N) is 1. The smallest absolute Gasteiger partial charge is 0.263 e. The first-order chi connectivity index (χ1) is 13.7. The molecular formula is C21H18N4O2S. The fourth-order valence-electron chi connectivity index (χ4n) is 3.06. The van der Waals surface area contributed by atoms with Gasteiger partial charge in [0, 0.05) is 22.9 Å². The molecule has 0 saturated carbocycles. The Hall–Kier alpha value is -3.45. The largest absolute Gasteiger partial charge is 0.506 e. The Labute approximate surface area is 165 Å². The molecule has 0 bridgehead atoms. The summed E-state index contributed by atoms with van der Waals surface area (Å²) in [6.07, 6.45) is 1.35. The van der Waals surface area contributed by atoms with Gasteiger partial charge in [0.15, 0.2) is 0 Å². The summed E-state index contributed by atoms with van der Waals surface area (Å²) in [6.45, 7) is 2.39. The highest BCUT2D eigenvalue weighted by molar-refractivity contribution is 7.14. The molecule has 2 aromatic heterocycles. The van der Waals surface area contributed by atoms with Crippen LogP contribution in [0.4, 0.5) is 5.13 Å². The van der Waals surface area contributed by atoms with Crippen LogP contribution in [0.1, 0.15) is 12.5 Å². The third-order valence-electron chi connectivity index (χ3n) is 4.42. The predicted molar refractivity (Wildman–Crippen MR) is 114 cm³/mol. The highest BCUT2D eigenvalue weighted by Crippen LogP contribution is 2.26. The van der Waals surface area contributed by atoms with Crippen molar-refractivity contribution in [3.05, 3.63) is 75.9 Å². The molecule has 0 amide bonds. The van der Waals surface area contributed by atoms with Gasteiger partial charge in [0.25, 0.3) is 5.56 Å². The molecule has 0 unspecified atom stereocenters. The van der Waals surface area contributed by atoms with Crippen LogP contribution in [-0.2, 0) is 6.54 Å². The van der Waals surface area contributed by atoms with Crippen molar-refractivity contribution in [3.8, 4) is 17.0 Å². The third-order valence-corrected chi connectivity index (χ3v) is 5.17. The van der Waals surface area contributed by atoms with E-state index in [1.165, 1.54) is 17.6 Å². The van der Waals surface area contributed by atoms with Gasteiger partial charge in [-0.25, -0.2) is 4.98 Å². The normalized spacial score (nSPS) is 11.3. The van der Waals surface area contributed by atoms with Crippen LogP contribution in [0.15, 0.2) is 69.9 Å². The van der Waals surface area contributed by atoms with Crippen LogP contribution < -0.4 is 11.0 Å². The lowest BCUT2D eigenvalue weighted by Gasteiger charge is -2.11. The van der Waals surface area contributed by atoms with E-state index >= 15 is 0 Å². The van der Waals surface area contributed by atoms with E-state index in [1.807, 2.05) is 60.8 Å². The van der Waals surface area contributed by atoms with E-state index in [0.717, 1.165) is 11.3 Å². The van der Waals surface area contributed by atoms with E-state index in [4.69, 9.17) is 0 Å². The lowest BCUT2D eigenvalue weighted by molar-refractivity contribution is 0.478. The fourth-order valence-corrected chi connectivity index (χ4v) is 3.73. The number of hydrazone groups is 1. The van der Waals surface area contributed by atoms with Gasteiger partial charge in [-0.2, -0.15) is 5.10 Å². The first kappa shape index (κ1) is 17.9. The number of hydrogen-bond donors (Lipinski definition) is 2. The Morgan fingerprint density at radius 3 is 2.71 bits per heavy atom. The average Bonchev–Trinajstić information content (AvgIpc) is 3.20. The van der Waals surface area contributed by atoms with Crippen LogP contribution in [0, 0.1) is 0 Å². The summed E-state index contributed by atoms with van der Waals surface area (Å²) >= 11 is 1.42. The third kappa shape index (κ3) is 3.27. The van der Waals surface area contributed by atoms with Crippen LogP contribution in [0.3, 0.4) is 0 Å². The quantitative estimate of drug-likeness (QED) is 0.393. The molecule has 0 saturated heterocycles. The number of thiazole rings is 1. The molecule has 140 valence electrons. The lowest BCUT2D eigenvalue weighted by atomic mass is 10.1. The zero-order valence-electron chi connectivity index (χ0n) is 15.2. The summed E-state index contributed by atoms with van der Waals surface area (Å²) in [6, 6.07) is 17.1. The van der Waals surface area contributed by atoms with Gasteiger partial charge < -0.3 is 9.67 Å². The fraction of sp³-hybridized carbons (Fsp3) is 0.0952. The molecule has 0 fully saturated rings. The van der Waals surface area contributed by atoms with E-state index in [1.54, 1.807) is 10.6 Å². The molecular weight excluding hydrogens is 372 g/mol. The number of para-hydroxylation sites is 1. The van der Waals surface area contributed by atoms with Crippen molar-refractivity contribution in [1.29, 1.82) is 0 Å². The number of aromatic nitrogens is 2. The lowest BCUT2D eigenvalue weighted by Crippen LogP contribution is -2.23. The summed E-state index contributed by atoms with van der Waals surface area (Å²) in [5.41, 5.74) is 5.28. The molecule has 2 N–H and O–H groups in total. The Morgan fingerprint density at radius 1 is 1.18 bits per heavy atom. The maximum Gasteiger partial charge on any atom is 0.263 e. The van der Waals surface area contributed by atoms with Crippen molar-refractivity contribution in [3.63, 3.8) is 0 Å². The molecule has 0 spiro atoms. The second-order valence-electron chi connectivity index (χ2n) is 6.10. The minimum absolute atomic E-state index is 0.0695. The number of aryl methyl sites for hydroxylation is 1. The highest BCUT2D eigenvalue weighted by Gasteiger charge is 2.13. The Balaban J connectivity index is 1.63. The molecule has 28 heavy (non-hydrogen) atoms. The summed E-state index contributed by atoms with van der Waals surface area (Å²) in [5, 5.41) is 17.8. The minimum Gasteiger partial charge on any atom is -0.506 e. The van der Waals surface area contributed by atoms with Crippen molar-refractivity contribution in [2.75, 3.05) is 5.43 Å². The molecule has 4 aromatic rings. The van der Waals surface area contributed by atoms with E-state index in [2.05, 4.69) is 15.5 Å². The molecule has 0 aliphatic heterocycles. The number of nitrogens with zero attached hydrogens (tertiary/aromatic N) is 3. The molecule has 0 aliphatic rings. The number of fused-ring (bicyclic) bond motifs is 1. The number of pyridine rings is 1. The van der Waals surface area contributed by atoms with Gasteiger partial charge in [-0.05, 0) is 19.1 Å². The van der Waals surface area contributed by atoms with E-state index in [-0.39, 0.29) is 16.9 Å². The number of rotatable bonds is 5. The average molecular weight is 390 g/mol. The maximum absolute atomic E-state index is 12.7. The first-order valence-corrected chi connectivity index (χ1v) is 9.71. The van der Waals surface area contributed by atoms with Gasteiger partial charge in [-0.3, -0.25) is 10.2 Å². The van der Waals surface area contributed by atoms with Crippen LogP contribution in [0.25, 0.3) is 22.2 Å². The topological polar surface area (TPSA) is 79.5 Å². The summed E-state index contributed by atoms with van der Waals surface area (Å²) in [7, 11) is 0. The number of hydrogen-bond acceptors (Lipinski definition) is 6. The SMILES string of the molecule is CCn1c(=O)c(/C=N/Nc2nc(-c3ccccc3)cs2)c(O)c2ccccc21. The molecule has 7 heteroatoms. The Kier molecular flexibility index (Phi) is 4.90. The zero-order valence-corrected chi connectivity index (χ0v) is 16.0. The summed E-state index contributed by atoms with van der Waals surface area (Å²) < 4.78 is 1.62. The van der Waals surface area contributed by atoms with Crippen molar-refractivity contribution in [2.24, 2.45) is 5.10 Å². The van der Waals surface area contributed by atoms with Gasteiger partial charge in [0.05, 0.1) is 17.4 Å². The van der Waals surface area contributed by atoms with Crippen LogP contribution in [0.5, 0.6) is 5.75 Å². The van der Waals surface area contributed by atoms with Crippen LogP contribution in [-0.4, -0.2) is 20.9 Å². The molecule has 0 radical (unpaired) electrons. The van der Waals surface area contributed by atoms with Gasteiger partial charge >= 0.3 is 0 Å². The molecule has 4 rings (SSSR count). The van der Waals surface area contributed by atoms with Crippen molar-refractivity contribution < 1.29 is 5.11 Å². The maximum atomic E-state index is 12.7. The second-order valence-corrected chi connectivity index (χ2v) is 6.96. The predicted octanol–water partition coefficient (Wildman–Crippen LogP) is 4.30. The van der Waals surface area contributed by atoms with E-state index < -0.39 is 0 Å². The van der Waals surface area contributed by atoms with Gasteiger partial charge in [-0.15, -0.1) is 11.3 Å². The van der Waals surface area contributed by atoms with E-state index in [0.29, 0.717) is 22.6 Å². The van der Waals surface area contributed by atoms with E-state index in [9.17, 15) is 9.90 Å². The minimum atomic E-state index is -0.284. The summed E-state index contributed by atoms with van der Waals surface area (Å²) in [4.78, 5) is 17.2. The van der Waals surface area contributed by atoms with Gasteiger partial charge in [0.2, 0.25) is 5.13 Å². The van der Waals surface area contributed by atoms with Crippen molar-refractivity contribution >= 4 is 33.6 Å². The zero-order chi connectivity index (χ0) is 19.5. The van der Waals surface area contributed by atoms with Crippen LogP contribution >= 0.6 is 11.3 Å². The number of anilines is 1. The monoisotopic (exact) mass is 390 g/mol. The first-order valence-electron chi connectivity index (χ1n) is 8.83. The molecule has 2 aromatic carbocycles. The van der Waals surface area contributed by atoms with Gasteiger partial charge in [-0.1, -0.05) is 42.5 Å². The van der Waals surface area contributed by atoms with Crippen LogP contribution in [0.2, 0.25) is 0 Å². The summed E-state index contributed by atoms with van der Waals surface area (Å²) in [5.74, 6) is -0.0695. The number of benzene rings is 2. The molecule has 0 aliphatic carbocycles. The molecule has 0 atom stereocenters. The van der Waals surface area contributed by atoms with Crippen molar-refractivity contribution in [2.45, 2.75) is 13.5 Å². The van der Waals surface area contributed by atoms with Gasteiger partial charge in [0.1, 0.15) is 11.3 Å². The standard InChI is InChI=1S/C21H18N4O2S/c1-2-25-18-11-7-6-10-15(18)19(26)16(20(25)27)12-22-24-21-23-17(13-28-21)14-8-4-3-5-9-14/h3-13,26H,2H2,1H3,(H,23,24)/b22-12+. The number of aromatic hydroxyl groups is 1. The second kappa shape index (κ2) is 7.66. The molecule has 2 heterocycles. The van der Waals surface area contributed by atoms with Crippen molar-refractivity contribution in [1.82, 2.24) is 9.55 Å². The highest BCUT2D eigenvalue weighted by atomic mass is 32.1. The Morgan fingerprint density at radius 2 is 1.93 bits per heavy atom. The molecule has 6 nitrogen and oxygen atoms in total. The Bertz CT molecular complexity index is 1210.